The van der Waals surface area contributed by atoms with Gasteiger partial charge in [-0.25, -0.2) is 9.37 Å². The van der Waals surface area contributed by atoms with Crippen molar-refractivity contribution in [2.24, 2.45) is 0 Å². The van der Waals surface area contributed by atoms with E-state index in [1.54, 1.807) is 6.20 Å². The van der Waals surface area contributed by atoms with Crippen molar-refractivity contribution in [2.75, 3.05) is 6.61 Å². The number of hydrogen-bond donors (Lipinski definition) is 0. The molecule has 0 fully saturated rings. The summed E-state index contributed by atoms with van der Waals surface area (Å²) in [5, 5.41) is 0. The minimum absolute atomic E-state index is 0.372. The Labute approximate surface area is 89.5 Å². The Bertz CT molecular complexity index is 376. The minimum Gasteiger partial charge on any atom is -0.477 e. The number of aromatic nitrogens is 1. The van der Waals surface area contributed by atoms with Crippen LogP contribution in [0.3, 0.4) is 0 Å². The molecule has 0 radical (unpaired) electrons. The molecule has 0 saturated carbocycles. The molecule has 1 unspecified atom stereocenters. The van der Waals surface area contributed by atoms with E-state index in [0.717, 1.165) is 11.1 Å². The van der Waals surface area contributed by atoms with E-state index in [0.29, 0.717) is 30.4 Å². The van der Waals surface area contributed by atoms with Crippen LogP contribution in [0.15, 0.2) is 6.20 Å². The van der Waals surface area contributed by atoms with Gasteiger partial charge in [-0.15, -0.1) is 0 Å². The standard InChI is InChI=1S/C12H16FNO/c1-7(2)9-6-14-12-11(8(9)3)10(13)4-5-15-12/h6-7,10H,4-5H2,1-3H3. The first kappa shape index (κ1) is 10.4. The van der Waals surface area contributed by atoms with Gasteiger partial charge in [0.25, 0.3) is 0 Å². The molecular formula is C12H16FNO. The second-order valence-electron chi connectivity index (χ2n) is 4.32. The van der Waals surface area contributed by atoms with Crippen molar-refractivity contribution in [1.29, 1.82) is 0 Å². The molecule has 2 heterocycles. The molecule has 2 rings (SSSR count). The molecule has 0 amide bonds. The lowest BCUT2D eigenvalue weighted by Gasteiger charge is -2.23. The summed E-state index contributed by atoms with van der Waals surface area (Å²) in [6.45, 7) is 6.57. The number of pyridine rings is 1. The first-order valence-corrected chi connectivity index (χ1v) is 5.37. The van der Waals surface area contributed by atoms with Crippen molar-refractivity contribution < 1.29 is 9.13 Å². The van der Waals surface area contributed by atoms with Gasteiger partial charge in [0.2, 0.25) is 5.88 Å². The molecule has 0 aliphatic carbocycles. The summed E-state index contributed by atoms with van der Waals surface area (Å²) >= 11 is 0. The molecule has 0 aromatic carbocycles. The summed E-state index contributed by atoms with van der Waals surface area (Å²) in [4.78, 5) is 4.19. The molecule has 82 valence electrons. The van der Waals surface area contributed by atoms with Crippen LogP contribution < -0.4 is 4.74 Å². The van der Waals surface area contributed by atoms with Crippen LogP contribution in [0.25, 0.3) is 0 Å². The zero-order valence-electron chi connectivity index (χ0n) is 9.38. The van der Waals surface area contributed by atoms with Gasteiger partial charge in [0, 0.05) is 12.6 Å². The lowest BCUT2D eigenvalue weighted by atomic mass is 9.93. The van der Waals surface area contributed by atoms with E-state index in [2.05, 4.69) is 18.8 Å². The van der Waals surface area contributed by atoms with Gasteiger partial charge in [-0.1, -0.05) is 13.8 Å². The summed E-state index contributed by atoms with van der Waals surface area (Å²) in [6.07, 6.45) is 1.33. The van der Waals surface area contributed by atoms with Crippen molar-refractivity contribution in [1.82, 2.24) is 4.98 Å². The molecule has 1 aromatic rings. The van der Waals surface area contributed by atoms with E-state index >= 15 is 0 Å². The Morgan fingerprint density at radius 2 is 2.27 bits per heavy atom. The number of halogens is 1. The van der Waals surface area contributed by atoms with Gasteiger partial charge in [0.1, 0.15) is 6.17 Å². The highest BCUT2D eigenvalue weighted by Crippen LogP contribution is 2.37. The molecule has 0 spiro atoms. The van der Waals surface area contributed by atoms with E-state index in [4.69, 9.17) is 4.74 Å². The molecular weight excluding hydrogens is 193 g/mol. The number of fused-ring (bicyclic) bond motifs is 1. The number of nitrogens with zero attached hydrogens (tertiary/aromatic N) is 1. The third-order valence-electron chi connectivity index (χ3n) is 2.93. The van der Waals surface area contributed by atoms with Gasteiger partial charge in [0.15, 0.2) is 0 Å². The average molecular weight is 209 g/mol. The normalized spacial score (nSPS) is 19.9. The molecule has 1 aromatic heterocycles. The van der Waals surface area contributed by atoms with Gasteiger partial charge in [0.05, 0.1) is 12.2 Å². The maximum absolute atomic E-state index is 13.8. The monoisotopic (exact) mass is 209 g/mol. The van der Waals surface area contributed by atoms with Crippen molar-refractivity contribution in [3.05, 3.63) is 22.9 Å². The van der Waals surface area contributed by atoms with Crippen molar-refractivity contribution in [3.8, 4) is 5.88 Å². The van der Waals surface area contributed by atoms with Gasteiger partial charge in [-0.3, -0.25) is 0 Å². The van der Waals surface area contributed by atoms with E-state index in [1.807, 2.05) is 6.92 Å². The Morgan fingerprint density at radius 3 is 2.93 bits per heavy atom. The van der Waals surface area contributed by atoms with Gasteiger partial charge in [-0.2, -0.15) is 0 Å². The van der Waals surface area contributed by atoms with E-state index in [9.17, 15) is 4.39 Å². The summed E-state index contributed by atoms with van der Waals surface area (Å²) in [5.74, 6) is 0.854. The lowest BCUT2D eigenvalue weighted by molar-refractivity contribution is 0.191. The van der Waals surface area contributed by atoms with Crippen LogP contribution in [-0.2, 0) is 0 Å². The Kier molecular flexibility index (Phi) is 2.63. The third kappa shape index (κ3) is 1.71. The van der Waals surface area contributed by atoms with Crippen LogP contribution in [0.5, 0.6) is 5.88 Å². The first-order chi connectivity index (χ1) is 7.11. The highest BCUT2D eigenvalue weighted by Gasteiger charge is 2.25. The fraction of sp³-hybridized carbons (Fsp3) is 0.583. The number of rotatable bonds is 1. The van der Waals surface area contributed by atoms with Crippen molar-refractivity contribution >= 4 is 0 Å². The molecule has 1 atom stereocenters. The summed E-state index contributed by atoms with van der Waals surface area (Å²) in [7, 11) is 0. The minimum atomic E-state index is -0.917. The second kappa shape index (κ2) is 3.80. The van der Waals surface area contributed by atoms with Crippen molar-refractivity contribution in [2.45, 2.75) is 39.3 Å². The van der Waals surface area contributed by atoms with Crippen LogP contribution in [-0.4, -0.2) is 11.6 Å². The van der Waals surface area contributed by atoms with Crippen LogP contribution >= 0.6 is 0 Å². The highest BCUT2D eigenvalue weighted by atomic mass is 19.1. The van der Waals surface area contributed by atoms with Crippen LogP contribution in [0.2, 0.25) is 0 Å². The molecule has 0 N–H and O–H groups in total. The smallest absolute Gasteiger partial charge is 0.219 e. The second-order valence-corrected chi connectivity index (χ2v) is 4.32. The average Bonchev–Trinajstić information content (AvgIpc) is 2.17. The number of hydrogen-bond acceptors (Lipinski definition) is 2. The van der Waals surface area contributed by atoms with E-state index in [1.165, 1.54) is 0 Å². The lowest BCUT2D eigenvalue weighted by Crippen LogP contribution is -2.15. The third-order valence-corrected chi connectivity index (χ3v) is 2.93. The molecule has 1 aliphatic heterocycles. The fourth-order valence-corrected chi connectivity index (χ4v) is 2.08. The van der Waals surface area contributed by atoms with Crippen molar-refractivity contribution in [3.63, 3.8) is 0 Å². The molecule has 1 aliphatic rings. The highest BCUT2D eigenvalue weighted by molar-refractivity contribution is 5.42. The predicted octanol–water partition coefficient (Wildman–Crippen LogP) is 3.31. The SMILES string of the molecule is Cc1c(C(C)C)cnc2c1C(F)CCO2. The Balaban J connectivity index is 2.54. The Hall–Kier alpha value is -1.12. The molecule has 3 heteroatoms. The first-order valence-electron chi connectivity index (χ1n) is 5.37. The quantitative estimate of drug-likeness (QED) is 0.708. The van der Waals surface area contributed by atoms with Crippen LogP contribution in [0.1, 0.15) is 49.0 Å². The summed E-state index contributed by atoms with van der Waals surface area (Å²) in [6, 6.07) is 0. The predicted molar refractivity (Wildman–Crippen MR) is 57.0 cm³/mol. The van der Waals surface area contributed by atoms with E-state index in [-0.39, 0.29) is 0 Å². The molecule has 15 heavy (non-hydrogen) atoms. The summed E-state index contributed by atoms with van der Waals surface area (Å²) < 4.78 is 19.1. The molecule has 0 bridgehead atoms. The van der Waals surface area contributed by atoms with Crippen LogP contribution in [0.4, 0.5) is 4.39 Å². The summed E-state index contributed by atoms with van der Waals surface area (Å²) in [5.41, 5.74) is 2.77. The zero-order chi connectivity index (χ0) is 11.0. The number of alkyl halides is 1. The molecule has 0 saturated heterocycles. The van der Waals surface area contributed by atoms with Gasteiger partial charge < -0.3 is 4.74 Å². The molecule has 2 nitrogen and oxygen atoms in total. The topological polar surface area (TPSA) is 22.1 Å². The van der Waals surface area contributed by atoms with Gasteiger partial charge in [-0.05, 0) is 24.0 Å². The van der Waals surface area contributed by atoms with Crippen LogP contribution in [0, 0.1) is 6.92 Å². The fourth-order valence-electron chi connectivity index (χ4n) is 2.08. The van der Waals surface area contributed by atoms with Gasteiger partial charge >= 0.3 is 0 Å². The number of ether oxygens (including phenoxy) is 1. The Morgan fingerprint density at radius 1 is 1.53 bits per heavy atom. The maximum Gasteiger partial charge on any atom is 0.219 e. The van der Waals surface area contributed by atoms with E-state index < -0.39 is 6.17 Å². The maximum atomic E-state index is 13.8. The largest absolute Gasteiger partial charge is 0.477 e. The zero-order valence-corrected chi connectivity index (χ0v) is 9.38.